The van der Waals surface area contributed by atoms with E-state index >= 15 is 0 Å². The number of nitrogens with zero attached hydrogens (tertiary/aromatic N) is 7. The molecule has 0 saturated carbocycles. The average Bonchev–Trinajstić information content (AvgIpc) is 2.87. The van der Waals surface area contributed by atoms with E-state index in [1.54, 1.807) is 4.52 Å². The lowest BCUT2D eigenvalue weighted by Gasteiger charge is -2.36. The van der Waals surface area contributed by atoms with Crippen LogP contribution in [0.4, 0.5) is 5.82 Å². The van der Waals surface area contributed by atoms with Gasteiger partial charge in [0.15, 0.2) is 11.5 Å². The Kier molecular flexibility index (Phi) is 3.24. The molecule has 3 rings (SSSR count). The molecule has 7 heteroatoms. The van der Waals surface area contributed by atoms with Gasteiger partial charge in [0.1, 0.15) is 5.82 Å². The van der Waals surface area contributed by atoms with Gasteiger partial charge in [0.25, 0.3) is 0 Å². The summed E-state index contributed by atoms with van der Waals surface area (Å²) in [5.74, 6) is 1.73. The van der Waals surface area contributed by atoms with E-state index in [9.17, 15) is 0 Å². The lowest BCUT2D eigenvalue weighted by Crippen LogP contribution is -2.49. The van der Waals surface area contributed by atoms with Gasteiger partial charge >= 0.3 is 0 Å². The highest BCUT2D eigenvalue weighted by Crippen LogP contribution is 2.15. The maximum atomic E-state index is 8.96. The molecule has 1 saturated heterocycles. The third-order valence-corrected chi connectivity index (χ3v) is 3.78. The van der Waals surface area contributed by atoms with Gasteiger partial charge in [-0.15, -0.1) is 15.3 Å². The van der Waals surface area contributed by atoms with Gasteiger partial charge in [-0.05, 0) is 26.0 Å². The van der Waals surface area contributed by atoms with Crippen LogP contribution in [0, 0.1) is 18.3 Å². The minimum Gasteiger partial charge on any atom is -0.353 e. The zero-order chi connectivity index (χ0) is 14.1. The van der Waals surface area contributed by atoms with Crippen molar-refractivity contribution in [2.45, 2.75) is 19.9 Å². The smallest absolute Gasteiger partial charge is 0.178 e. The van der Waals surface area contributed by atoms with Gasteiger partial charge in [-0.25, -0.2) is 0 Å². The van der Waals surface area contributed by atoms with E-state index in [0.29, 0.717) is 0 Å². The first kappa shape index (κ1) is 12.8. The molecular formula is C13H17N7. The van der Waals surface area contributed by atoms with Crippen molar-refractivity contribution in [1.29, 1.82) is 5.26 Å². The second kappa shape index (κ2) is 5.06. The van der Waals surface area contributed by atoms with Crippen LogP contribution in [0.5, 0.6) is 0 Å². The fourth-order valence-corrected chi connectivity index (χ4v) is 2.48. The van der Waals surface area contributed by atoms with Gasteiger partial charge in [0.05, 0.1) is 12.1 Å². The SMILES string of the molecule is Cc1nnc2ccc(N3CCN([C@@H](C)C#N)CC3)nn12. The third-order valence-electron chi connectivity index (χ3n) is 3.78. The van der Waals surface area contributed by atoms with Crippen LogP contribution in [-0.2, 0) is 0 Å². The molecule has 0 spiro atoms. The molecule has 2 aromatic heterocycles. The van der Waals surface area contributed by atoms with Crippen LogP contribution in [0.1, 0.15) is 12.7 Å². The van der Waals surface area contributed by atoms with Crippen LogP contribution in [0.2, 0.25) is 0 Å². The Labute approximate surface area is 117 Å². The fraction of sp³-hybridized carbons (Fsp3) is 0.538. The molecule has 1 atom stereocenters. The van der Waals surface area contributed by atoms with Gasteiger partial charge in [-0.2, -0.15) is 9.78 Å². The molecule has 20 heavy (non-hydrogen) atoms. The quantitative estimate of drug-likeness (QED) is 0.790. The predicted molar refractivity (Wildman–Crippen MR) is 74.4 cm³/mol. The maximum absolute atomic E-state index is 8.96. The molecule has 0 unspecified atom stereocenters. The molecule has 104 valence electrons. The van der Waals surface area contributed by atoms with Gasteiger partial charge in [-0.3, -0.25) is 4.90 Å². The standard InChI is InChI=1S/C13H17N7/c1-10(9-14)18-5-7-19(8-6-18)13-4-3-12-16-15-11(2)20(12)17-13/h3-4,10H,5-8H2,1-2H3/t10-/m0/s1. The molecule has 7 nitrogen and oxygen atoms in total. The molecule has 2 aromatic rings. The van der Waals surface area contributed by atoms with Crippen molar-refractivity contribution in [3.63, 3.8) is 0 Å². The van der Waals surface area contributed by atoms with E-state index in [1.807, 2.05) is 26.0 Å². The van der Waals surface area contributed by atoms with Crippen molar-refractivity contribution in [2.75, 3.05) is 31.1 Å². The number of piperazine rings is 1. The maximum Gasteiger partial charge on any atom is 0.178 e. The summed E-state index contributed by atoms with van der Waals surface area (Å²) in [5.41, 5.74) is 0.767. The second-order valence-electron chi connectivity index (χ2n) is 5.04. The predicted octanol–water partition coefficient (Wildman–Crippen LogP) is 0.467. The zero-order valence-corrected chi connectivity index (χ0v) is 11.7. The summed E-state index contributed by atoms with van der Waals surface area (Å²) in [7, 11) is 0. The number of aromatic nitrogens is 4. The molecule has 0 N–H and O–H groups in total. The Balaban J connectivity index is 1.76. The van der Waals surface area contributed by atoms with Gasteiger partial charge in [0.2, 0.25) is 0 Å². The molecular weight excluding hydrogens is 254 g/mol. The number of hydrogen-bond donors (Lipinski definition) is 0. The number of hydrogen-bond acceptors (Lipinski definition) is 6. The molecule has 1 aliphatic rings. The van der Waals surface area contributed by atoms with Crippen molar-refractivity contribution in [1.82, 2.24) is 24.7 Å². The highest BCUT2D eigenvalue weighted by atomic mass is 15.4. The molecule has 0 aliphatic carbocycles. The molecule has 1 fully saturated rings. The van der Waals surface area contributed by atoms with E-state index < -0.39 is 0 Å². The molecule has 0 bridgehead atoms. The summed E-state index contributed by atoms with van der Waals surface area (Å²) < 4.78 is 1.76. The molecule has 0 aromatic carbocycles. The summed E-state index contributed by atoms with van der Waals surface area (Å²) >= 11 is 0. The lowest BCUT2D eigenvalue weighted by atomic mass is 10.2. The third kappa shape index (κ3) is 2.18. The summed E-state index contributed by atoms with van der Waals surface area (Å²) in [6, 6.07) is 6.18. The number of anilines is 1. The Morgan fingerprint density at radius 2 is 1.95 bits per heavy atom. The van der Waals surface area contributed by atoms with Gasteiger partial charge in [0, 0.05) is 26.2 Å². The van der Waals surface area contributed by atoms with Crippen molar-refractivity contribution in [3.05, 3.63) is 18.0 Å². The average molecular weight is 271 g/mol. The minimum absolute atomic E-state index is 0.0207. The normalized spacial score (nSPS) is 18.1. The first-order valence-electron chi connectivity index (χ1n) is 6.77. The highest BCUT2D eigenvalue weighted by Gasteiger charge is 2.22. The molecule has 1 aliphatic heterocycles. The summed E-state index contributed by atoms with van der Waals surface area (Å²) in [5, 5.41) is 21.6. The van der Waals surface area contributed by atoms with E-state index in [4.69, 9.17) is 5.26 Å². The van der Waals surface area contributed by atoms with E-state index in [-0.39, 0.29) is 6.04 Å². The number of fused-ring (bicyclic) bond motifs is 1. The molecule has 0 radical (unpaired) electrons. The number of rotatable bonds is 2. The largest absolute Gasteiger partial charge is 0.353 e. The van der Waals surface area contributed by atoms with Crippen LogP contribution < -0.4 is 4.90 Å². The van der Waals surface area contributed by atoms with Crippen molar-refractivity contribution < 1.29 is 0 Å². The van der Waals surface area contributed by atoms with E-state index in [0.717, 1.165) is 43.5 Å². The van der Waals surface area contributed by atoms with E-state index in [1.165, 1.54) is 0 Å². The van der Waals surface area contributed by atoms with Crippen LogP contribution >= 0.6 is 0 Å². The molecule has 0 amide bonds. The first-order valence-corrected chi connectivity index (χ1v) is 6.77. The van der Waals surface area contributed by atoms with Gasteiger partial charge in [-0.1, -0.05) is 0 Å². The van der Waals surface area contributed by atoms with Gasteiger partial charge < -0.3 is 4.90 Å². The highest BCUT2D eigenvalue weighted by molar-refractivity contribution is 5.46. The van der Waals surface area contributed by atoms with Crippen molar-refractivity contribution in [3.8, 4) is 6.07 Å². The van der Waals surface area contributed by atoms with Crippen molar-refractivity contribution in [2.24, 2.45) is 0 Å². The summed E-state index contributed by atoms with van der Waals surface area (Å²) in [4.78, 5) is 4.43. The van der Waals surface area contributed by atoms with Crippen LogP contribution in [-0.4, -0.2) is 56.9 Å². The fourth-order valence-electron chi connectivity index (χ4n) is 2.48. The van der Waals surface area contributed by atoms with E-state index in [2.05, 4.69) is 31.2 Å². The first-order chi connectivity index (χ1) is 9.69. The molecule has 3 heterocycles. The number of nitriles is 1. The van der Waals surface area contributed by atoms with Crippen LogP contribution in [0.15, 0.2) is 12.1 Å². The Bertz CT molecular complexity index is 648. The number of aryl methyl sites for hydroxylation is 1. The lowest BCUT2D eigenvalue weighted by molar-refractivity contribution is 0.231. The summed E-state index contributed by atoms with van der Waals surface area (Å²) in [6.45, 7) is 7.37. The van der Waals surface area contributed by atoms with Crippen molar-refractivity contribution >= 4 is 11.5 Å². The summed E-state index contributed by atoms with van der Waals surface area (Å²) in [6.07, 6.45) is 0. The Morgan fingerprint density at radius 3 is 2.65 bits per heavy atom. The topological polar surface area (TPSA) is 73.3 Å². The zero-order valence-electron chi connectivity index (χ0n) is 11.7. The van der Waals surface area contributed by atoms with Crippen LogP contribution in [0.3, 0.4) is 0 Å². The van der Waals surface area contributed by atoms with Crippen LogP contribution in [0.25, 0.3) is 5.65 Å². The minimum atomic E-state index is -0.0207. The monoisotopic (exact) mass is 271 g/mol. The Morgan fingerprint density at radius 1 is 1.20 bits per heavy atom. The Hall–Kier alpha value is -2.20. The second-order valence-corrected chi connectivity index (χ2v) is 5.04.